The van der Waals surface area contributed by atoms with Crippen LogP contribution in [0.15, 0.2) is 54.9 Å². The van der Waals surface area contributed by atoms with Gasteiger partial charge in [-0.05, 0) is 55.7 Å². The monoisotopic (exact) mass is 784 g/mol. The molecule has 1 unspecified atom stereocenters. The molecule has 18 heteroatoms. The van der Waals surface area contributed by atoms with Gasteiger partial charge in [0.25, 0.3) is 11.8 Å². The van der Waals surface area contributed by atoms with Crippen molar-refractivity contribution in [2.24, 2.45) is 5.92 Å². The number of nitrogens with one attached hydrogen (secondary N) is 2. The summed E-state index contributed by atoms with van der Waals surface area (Å²) in [5.74, 6) is -2.18. The first-order chi connectivity index (χ1) is 27.7. The van der Waals surface area contributed by atoms with Crippen LogP contribution >= 0.6 is 11.3 Å². The summed E-state index contributed by atoms with van der Waals surface area (Å²) in [4.78, 5) is 76.8. The number of imide groups is 2. The van der Waals surface area contributed by atoms with Crippen LogP contribution in [-0.4, -0.2) is 116 Å². The number of aromatic nitrogens is 5. The van der Waals surface area contributed by atoms with Crippen molar-refractivity contribution in [1.29, 1.82) is 5.26 Å². The van der Waals surface area contributed by atoms with E-state index in [0.717, 1.165) is 32.5 Å². The fourth-order valence-electron chi connectivity index (χ4n) is 8.18. The number of nitrogens with zero attached hydrogens (tertiary/aromatic N) is 10. The molecule has 5 amide bonds. The number of fused-ring (bicyclic) bond motifs is 2. The second kappa shape index (κ2) is 14.4. The number of carbonyl (C=O) groups is 5. The number of nitriles is 1. The Bertz CT molecular complexity index is 2530. The maximum absolute atomic E-state index is 13.7. The Hall–Kier alpha value is -6.74. The normalized spacial score (nSPS) is 18.9. The lowest BCUT2D eigenvalue weighted by Crippen LogP contribution is -2.54. The third-order valence-electron chi connectivity index (χ3n) is 11.2. The average molecular weight is 785 g/mol. The van der Waals surface area contributed by atoms with E-state index < -0.39 is 29.7 Å². The molecular weight excluding hydrogens is 749 g/mol. The van der Waals surface area contributed by atoms with Gasteiger partial charge in [0, 0.05) is 70.5 Å². The van der Waals surface area contributed by atoms with Crippen molar-refractivity contribution in [2.45, 2.75) is 31.7 Å². The fraction of sp³-hybridized carbons (Fsp3) is 0.333. The first-order valence-electron chi connectivity index (χ1n) is 18.8. The predicted octanol–water partition coefficient (Wildman–Crippen LogP) is 2.79. The van der Waals surface area contributed by atoms with Crippen molar-refractivity contribution in [1.82, 2.24) is 39.9 Å². The largest absolute Gasteiger partial charge is 0.387 e. The van der Waals surface area contributed by atoms with Gasteiger partial charge < -0.3 is 20.0 Å². The number of pyridine rings is 1. The molecule has 57 heavy (non-hydrogen) atoms. The molecule has 0 aliphatic carbocycles. The zero-order valence-corrected chi connectivity index (χ0v) is 31.7. The molecule has 4 aromatic heterocycles. The lowest BCUT2D eigenvalue weighted by atomic mass is 9.93. The van der Waals surface area contributed by atoms with Crippen LogP contribution in [0.1, 0.15) is 52.0 Å². The zero-order valence-electron chi connectivity index (χ0n) is 30.8. The molecule has 3 saturated heterocycles. The standard InChI is InChI=1S/C39H36N12O5S/c1-41-27-18-28(29-6-5-24-17-22(19-40)20-43-51(24)29)42-21-26(27)35-45-46-39(57-35)49-15-13-48(14-16-49)36(54)23-9-11-47(12-10-23)30-4-2-3-25-33(30)38(56)50(37(25)55)31-7-8-32(52)44-34(31)53/h2-6,17-18,20-21,23,31H,7-16H2,1H3,(H,41,42)(H,44,52,53). The van der Waals surface area contributed by atoms with Crippen LogP contribution in [-0.2, 0) is 14.4 Å². The molecule has 17 nitrogen and oxygen atoms in total. The van der Waals surface area contributed by atoms with E-state index in [2.05, 4.69) is 36.9 Å². The molecule has 9 rings (SSSR count). The van der Waals surface area contributed by atoms with Crippen molar-refractivity contribution in [3.8, 4) is 28.0 Å². The van der Waals surface area contributed by atoms with E-state index in [0.29, 0.717) is 74.1 Å². The van der Waals surface area contributed by atoms with Crippen LogP contribution in [0.5, 0.6) is 0 Å². The Kier molecular flexibility index (Phi) is 9.08. The molecule has 8 heterocycles. The minimum Gasteiger partial charge on any atom is -0.387 e. The van der Waals surface area contributed by atoms with E-state index in [4.69, 9.17) is 4.98 Å². The lowest BCUT2D eigenvalue weighted by Gasteiger charge is -2.39. The summed E-state index contributed by atoms with van der Waals surface area (Å²) >= 11 is 1.47. The molecule has 0 bridgehead atoms. The number of benzene rings is 1. The number of piperidine rings is 2. The Morgan fingerprint density at radius 1 is 0.912 bits per heavy atom. The quantitative estimate of drug-likeness (QED) is 0.229. The van der Waals surface area contributed by atoms with E-state index in [1.807, 2.05) is 35.0 Å². The predicted molar refractivity (Wildman–Crippen MR) is 208 cm³/mol. The molecule has 1 aromatic carbocycles. The van der Waals surface area contributed by atoms with Crippen molar-refractivity contribution in [3.05, 3.63) is 71.5 Å². The van der Waals surface area contributed by atoms with Gasteiger partial charge in [-0.25, -0.2) is 4.52 Å². The molecule has 288 valence electrons. The topological polar surface area (TPSA) is 202 Å². The van der Waals surface area contributed by atoms with Crippen molar-refractivity contribution in [2.75, 3.05) is 61.4 Å². The van der Waals surface area contributed by atoms with Crippen LogP contribution in [0.25, 0.3) is 27.5 Å². The average Bonchev–Trinajstić information content (AvgIpc) is 3.97. The molecule has 4 aliphatic rings. The molecule has 4 aliphatic heterocycles. The second-order valence-electron chi connectivity index (χ2n) is 14.4. The Morgan fingerprint density at radius 2 is 1.72 bits per heavy atom. The van der Waals surface area contributed by atoms with Gasteiger partial charge in [0.15, 0.2) is 5.01 Å². The van der Waals surface area contributed by atoms with Gasteiger partial charge in [-0.15, -0.1) is 10.2 Å². The van der Waals surface area contributed by atoms with Crippen molar-refractivity contribution >= 4 is 62.9 Å². The Balaban J connectivity index is 0.814. The second-order valence-corrected chi connectivity index (χ2v) is 15.3. The Labute approximate surface area is 329 Å². The summed E-state index contributed by atoms with van der Waals surface area (Å²) in [7, 11) is 1.84. The highest BCUT2D eigenvalue weighted by Gasteiger charge is 2.46. The molecule has 0 saturated carbocycles. The first kappa shape index (κ1) is 35.9. The maximum atomic E-state index is 13.7. The summed E-state index contributed by atoms with van der Waals surface area (Å²) in [5.41, 5.74) is 5.57. The summed E-state index contributed by atoms with van der Waals surface area (Å²) in [6.07, 6.45) is 4.65. The highest BCUT2D eigenvalue weighted by atomic mass is 32.1. The van der Waals surface area contributed by atoms with E-state index in [1.165, 1.54) is 17.5 Å². The summed E-state index contributed by atoms with van der Waals surface area (Å²) in [5, 5.41) is 29.6. The first-order valence-corrected chi connectivity index (χ1v) is 19.6. The van der Waals surface area contributed by atoms with E-state index in [-0.39, 0.29) is 35.8 Å². The van der Waals surface area contributed by atoms with Gasteiger partial charge in [0.2, 0.25) is 22.9 Å². The molecule has 2 N–H and O–H groups in total. The minimum absolute atomic E-state index is 0.0574. The molecule has 5 aromatic rings. The number of piperazine rings is 1. The maximum Gasteiger partial charge on any atom is 0.264 e. The highest BCUT2D eigenvalue weighted by molar-refractivity contribution is 7.18. The van der Waals surface area contributed by atoms with Crippen LogP contribution in [0.3, 0.4) is 0 Å². The van der Waals surface area contributed by atoms with Crippen molar-refractivity contribution < 1.29 is 24.0 Å². The third-order valence-corrected chi connectivity index (χ3v) is 12.2. The Morgan fingerprint density at radius 3 is 2.47 bits per heavy atom. The summed E-state index contributed by atoms with van der Waals surface area (Å²) < 4.78 is 1.75. The van der Waals surface area contributed by atoms with Gasteiger partial charge in [-0.2, -0.15) is 10.4 Å². The van der Waals surface area contributed by atoms with E-state index >= 15 is 0 Å². The number of anilines is 3. The highest BCUT2D eigenvalue weighted by Crippen LogP contribution is 2.38. The summed E-state index contributed by atoms with van der Waals surface area (Å²) in [6.45, 7) is 3.42. The van der Waals surface area contributed by atoms with Crippen LogP contribution in [0.2, 0.25) is 0 Å². The number of rotatable bonds is 7. The fourth-order valence-corrected chi connectivity index (χ4v) is 9.10. The number of amides is 5. The SMILES string of the molecule is CNc1cc(-c2ccc3cc(C#N)cnn23)ncc1-c1nnc(N2CCN(C(=O)C3CCN(c4cccc5c4C(=O)N(C4CCC(=O)NC4=O)C5=O)CC3)CC2)s1. The van der Waals surface area contributed by atoms with Gasteiger partial charge in [0.1, 0.15) is 12.1 Å². The lowest BCUT2D eigenvalue weighted by molar-refractivity contribution is -0.137. The number of hydrogen-bond donors (Lipinski definition) is 2. The van der Waals surface area contributed by atoms with Crippen LogP contribution in [0.4, 0.5) is 16.5 Å². The third kappa shape index (κ3) is 6.29. The molecule has 0 spiro atoms. The smallest absolute Gasteiger partial charge is 0.264 e. The van der Waals surface area contributed by atoms with Crippen molar-refractivity contribution in [3.63, 3.8) is 0 Å². The van der Waals surface area contributed by atoms with Crippen LogP contribution in [0, 0.1) is 17.2 Å². The van der Waals surface area contributed by atoms with Crippen LogP contribution < -0.4 is 20.4 Å². The zero-order chi connectivity index (χ0) is 39.4. The minimum atomic E-state index is -1.03. The van der Waals surface area contributed by atoms with Gasteiger partial charge >= 0.3 is 0 Å². The van der Waals surface area contributed by atoms with Gasteiger partial charge in [-0.3, -0.25) is 39.2 Å². The number of hydrogen-bond acceptors (Lipinski definition) is 14. The molecule has 1 atom stereocenters. The van der Waals surface area contributed by atoms with Gasteiger partial charge in [-0.1, -0.05) is 17.4 Å². The molecular formula is C39H36N12O5S. The van der Waals surface area contributed by atoms with E-state index in [1.54, 1.807) is 35.0 Å². The number of carbonyl (C=O) groups excluding carboxylic acids is 5. The molecule has 0 radical (unpaired) electrons. The van der Waals surface area contributed by atoms with E-state index in [9.17, 15) is 29.2 Å². The molecule has 3 fully saturated rings. The summed E-state index contributed by atoms with van der Waals surface area (Å²) in [6, 6.07) is 13.8. The van der Waals surface area contributed by atoms with Gasteiger partial charge in [0.05, 0.1) is 51.0 Å².